The second-order valence-corrected chi connectivity index (χ2v) is 8.68. The fraction of sp³-hybridized carbons (Fsp3) is 0.778. The van der Waals surface area contributed by atoms with Crippen LogP contribution in [-0.4, -0.2) is 65.1 Å². The number of thioether (sulfide) groups is 2. The van der Waals surface area contributed by atoms with Crippen molar-refractivity contribution in [3.05, 3.63) is 17.6 Å². The van der Waals surface area contributed by atoms with Crippen molar-refractivity contribution in [3.8, 4) is 0 Å². The van der Waals surface area contributed by atoms with Crippen molar-refractivity contribution in [1.82, 2.24) is 14.9 Å². The third-order valence-corrected chi connectivity index (χ3v) is 5.98. The molecule has 0 spiro atoms. The molecule has 1 heterocycles. The van der Waals surface area contributed by atoms with Crippen molar-refractivity contribution in [2.75, 3.05) is 43.0 Å². The van der Waals surface area contributed by atoms with Gasteiger partial charge in [-0.2, -0.15) is 23.5 Å². The van der Waals surface area contributed by atoms with E-state index in [0.29, 0.717) is 18.0 Å². The minimum absolute atomic E-state index is 0.406. The topological polar surface area (TPSA) is 32.3 Å². The van der Waals surface area contributed by atoms with E-state index in [-0.39, 0.29) is 0 Å². The fourth-order valence-electron chi connectivity index (χ4n) is 2.38. The van der Waals surface area contributed by atoms with Crippen molar-refractivity contribution in [2.45, 2.75) is 52.2 Å². The minimum atomic E-state index is 0.406. The molecule has 24 heavy (non-hydrogen) atoms. The Labute approximate surface area is 157 Å². The molecular formula is C18H34N4S2. The molecule has 138 valence electrons. The zero-order chi connectivity index (χ0) is 18.3. The summed E-state index contributed by atoms with van der Waals surface area (Å²) in [6.45, 7) is 9.69. The van der Waals surface area contributed by atoms with Gasteiger partial charge in [0.25, 0.3) is 0 Å². The molecule has 0 N–H and O–H groups in total. The molecule has 0 aliphatic rings. The fourth-order valence-corrected chi connectivity index (χ4v) is 3.82. The van der Waals surface area contributed by atoms with E-state index in [0.717, 1.165) is 35.4 Å². The minimum Gasteiger partial charge on any atom is -0.356 e. The number of nitrogens with zero attached hydrogens (tertiary/aromatic N) is 4. The zero-order valence-electron chi connectivity index (χ0n) is 16.5. The van der Waals surface area contributed by atoms with E-state index in [9.17, 15) is 0 Å². The van der Waals surface area contributed by atoms with Gasteiger partial charge in [0.2, 0.25) is 0 Å². The molecule has 0 unspecified atom stereocenters. The lowest BCUT2D eigenvalue weighted by atomic mass is 10.1. The van der Waals surface area contributed by atoms with E-state index >= 15 is 0 Å². The van der Waals surface area contributed by atoms with Crippen LogP contribution in [0.5, 0.6) is 0 Å². The lowest BCUT2D eigenvalue weighted by molar-refractivity contribution is 0.262. The van der Waals surface area contributed by atoms with E-state index in [1.54, 1.807) is 0 Å². The Morgan fingerprint density at radius 3 is 2.08 bits per heavy atom. The molecule has 1 aromatic heterocycles. The van der Waals surface area contributed by atoms with Gasteiger partial charge in [-0.1, -0.05) is 13.8 Å². The lowest BCUT2D eigenvalue weighted by Gasteiger charge is -2.28. The molecule has 0 amide bonds. The highest BCUT2D eigenvalue weighted by atomic mass is 32.2. The van der Waals surface area contributed by atoms with Crippen molar-refractivity contribution < 1.29 is 0 Å². The average Bonchev–Trinajstić information content (AvgIpc) is 2.54. The first kappa shape index (κ1) is 21.6. The molecule has 0 radical (unpaired) electrons. The van der Waals surface area contributed by atoms with E-state index in [1.165, 1.54) is 0 Å². The van der Waals surface area contributed by atoms with E-state index in [2.05, 4.69) is 70.2 Å². The summed E-state index contributed by atoms with van der Waals surface area (Å²) in [7, 11) is 4.29. The first-order chi connectivity index (χ1) is 11.3. The highest BCUT2D eigenvalue weighted by Crippen LogP contribution is 2.21. The number of hydrogen-bond acceptors (Lipinski definition) is 6. The van der Waals surface area contributed by atoms with Gasteiger partial charge in [-0.15, -0.1) is 0 Å². The van der Waals surface area contributed by atoms with Crippen LogP contribution in [0, 0.1) is 0 Å². The molecule has 1 rings (SSSR count). The SMILES string of the molecule is CSC[C@H](C)N(C)Cc1nc(C(C)C)cc(N(C)[C@@H](C)CSC)n1. The molecule has 0 aliphatic heterocycles. The summed E-state index contributed by atoms with van der Waals surface area (Å²) in [5, 5.41) is 0. The highest BCUT2D eigenvalue weighted by Gasteiger charge is 2.17. The summed E-state index contributed by atoms with van der Waals surface area (Å²) >= 11 is 3.75. The van der Waals surface area contributed by atoms with Crippen molar-refractivity contribution in [2.24, 2.45) is 0 Å². The Balaban J connectivity index is 3.03. The van der Waals surface area contributed by atoms with Crippen molar-refractivity contribution in [1.29, 1.82) is 0 Å². The normalized spacial score (nSPS) is 14.2. The third kappa shape index (κ3) is 6.45. The molecule has 1 aromatic rings. The van der Waals surface area contributed by atoms with Crippen LogP contribution >= 0.6 is 23.5 Å². The van der Waals surface area contributed by atoms with Crippen LogP contribution in [0.25, 0.3) is 0 Å². The molecule has 0 saturated heterocycles. The maximum Gasteiger partial charge on any atom is 0.144 e. The number of anilines is 1. The van der Waals surface area contributed by atoms with Gasteiger partial charge in [0.1, 0.15) is 11.6 Å². The smallest absolute Gasteiger partial charge is 0.144 e. The quantitative estimate of drug-likeness (QED) is 0.619. The number of hydrogen-bond donors (Lipinski definition) is 0. The van der Waals surface area contributed by atoms with Crippen molar-refractivity contribution in [3.63, 3.8) is 0 Å². The Hall–Kier alpha value is -0.460. The van der Waals surface area contributed by atoms with Gasteiger partial charge in [-0.05, 0) is 39.3 Å². The summed E-state index contributed by atoms with van der Waals surface area (Å²) in [5.41, 5.74) is 1.13. The second kappa shape index (κ2) is 10.5. The number of aromatic nitrogens is 2. The zero-order valence-corrected chi connectivity index (χ0v) is 18.2. The summed E-state index contributed by atoms with van der Waals surface area (Å²) in [6.07, 6.45) is 4.30. The summed E-state index contributed by atoms with van der Waals surface area (Å²) in [4.78, 5) is 14.3. The van der Waals surface area contributed by atoms with Crippen LogP contribution in [-0.2, 0) is 6.54 Å². The molecule has 0 aromatic carbocycles. The molecule has 0 fully saturated rings. The van der Waals surface area contributed by atoms with Gasteiger partial charge >= 0.3 is 0 Å². The Bertz CT molecular complexity index is 496. The van der Waals surface area contributed by atoms with E-state index in [1.807, 2.05) is 23.5 Å². The first-order valence-electron chi connectivity index (χ1n) is 8.58. The Morgan fingerprint density at radius 2 is 1.54 bits per heavy atom. The Morgan fingerprint density at radius 1 is 0.958 bits per heavy atom. The maximum absolute atomic E-state index is 4.86. The summed E-state index contributed by atoms with van der Waals surface area (Å²) in [6, 6.07) is 3.12. The second-order valence-electron chi connectivity index (χ2n) is 6.86. The van der Waals surface area contributed by atoms with E-state index in [4.69, 9.17) is 9.97 Å². The molecule has 0 bridgehead atoms. The van der Waals surface area contributed by atoms with Gasteiger partial charge in [-0.25, -0.2) is 9.97 Å². The van der Waals surface area contributed by atoms with Gasteiger partial charge in [0.15, 0.2) is 0 Å². The molecule has 2 atom stereocenters. The van der Waals surface area contributed by atoms with Crippen LogP contribution < -0.4 is 4.90 Å². The number of rotatable bonds is 10. The van der Waals surface area contributed by atoms with Gasteiger partial charge in [-0.3, -0.25) is 4.90 Å². The monoisotopic (exact) mass is 370 g/mol. The highest BCUT2D eigenvalue weighted by molar-refractivity contribution is 7.98. The van der Waals surface area contributed by atoms with Gasteiger partial charge < -0.3 is 4.90 Å². The summed E-state index contributed by atoms with van der Waals surface area (Å²) in [5.74, 6) is 4.59. The lowest BCUT2D eigenvalue weighted by Crippen LogP contribution is -2.33. The predicted molar refractivity (Wildman–Crippen MR) is 112 cm³/mol. The van der Waals surface area contributed by atoms with Crippen LogP contribution in [0.3, 0.4) is 0 Å². The molecule has 4 nitrogen and oxygen atoms in total. The largest absolute Gasteiger partial charge is 0.356 e. The van der Waals surface area contributed by atoms with Crippen LogP contribution in [0.4, 0.5) is 5.82 Å². The summed E-state index contributed by atoms with van der Waals surface area (Å²) < 4.78 is 0. The Kier molecular flexibility index (Phi) is 9.45. The van der Waals surface area contributed by atoms with Gasteiger partial charge in [0, 0.05) is 42.4 Å². The third-order valence-electron chi connectivity index (χ3n) is 4.35. The average molecular weight is 371 g/mol. The predicted octanol–water partition coefficient (Wildman–Crippen LogP) is 3.97. The molecule has 0 aliphatic carbocycles. The van der Waals surface area contributed by atoms with Crippen molar-refractivity contribution >= 4 is 29.3 Å². The van der Waals surface area contributed by atoms with Gasteiger partial charge in [0.05, 0.1) is 6.54 Å². The maximum atomic E-state index is 4.86. The van der Waals surface area contributed by atoms with Crippen LogP contribution in [0.15, 0.2) is 6.07 Å². The van der Waals surface area contributed by atoms with E-state index < -0.39 is 0 Å². The molecule has 0 saturated carbocycles. The standard InChI is InChI=1S/C18H34N4S2/c1-13(2)16-9-18(22(6)15(4)12-24-8)20-17(19-16)10-21(5)14(3)11-23-7/h9,13-15H,10-12H2,1-8H3/t14-,15-/m0/s1. The molecule has 6 heteroatoms. The van der Waals surface area contributed by atoms with Crippen LogP contribution in [0.1, 0.15) is 45.1 Å². The van der Waals surface area contributed by atoms with Crippen LogP contribution in [0.2, 0.25) is 0 Å². The first-order valence-corrected chi connectivity index (χ1v) is 11.4. The molecular weight excluding hydrogens is 336 g/mol.